The van der Waals surface area contributed by atoms with E-state index in [9.17, 15) is 13.2 Å². The highest BCUT2D eigenvalue weighted by molar-refractivity contribution is 5.32. The molecule has 2 nitrogen and oxygen atoms in total. The summed E-state index contributed by atoms with van der Waals surface area (Å²) in [6.45, 7) is 1.88. The van der Waals surface area contributed by atoms with Crippen molar-refractivity contribution in [2.45, 2.75) is 19.4 Å². The van der Waals surface area contributed by atoms with Crippen molar-refractivity contribution in [1.29, 1.82) is 0 Å². The fourth-order valence-corrected chi connectivity index (χ4v) is 1.73. The number of hydrogen-bond acceptors (Lipinski definition) is 2. The Bertz CT molecular complexity index is 387. The minimum Gasteiger partial charge on any atom is -0.346 e. The van der Waals surface area contributed by atoms with Gasteiger partial charge < -0.3 is 9.47 Å². The van der Waals surface area contributed by atoms with Crippen LogP contribution in [0, 0.1) is 11.6 Å². The van der Waals surface area contributed by atoms with Crippen LogP contribution < -0.4 is 0 Å². The third-order valence-corrected chi connectivity index (χ3v) is 2.44. The normalized spacial score (nSPS) is 19.0. The van der Waals surface area contributed by atoms with Crippen molar-refractivity contribution in [1.82, 2.24) is 0 Å². The van der Waals surface area contributed by atoms with Crippen molar-refractivity contribution in [3.63, 3.8) is 0 Å². The van der Waals surface area contributed by atoms with Crippen LogP contribution in [0.4, 0.5) is 13.2 Å². The van der Waals surface area contributed by atoms with E-state index in [0.29, 0.717) is 13.2 Å². The maximum absolute atomic E-state index is 13.4. The summed E-state index contributed by atoms with van der Waals surface area (Å²) in [6.07, 6.45) is -2.42. The second-order valence-corrected chi connectivity index (χ2v) is 3.55. The Morgan fingerprint density at radius 3 is 2.44 bits per heavy atom. The maximum atomic E-state index is 13.4. The zero-order valence-corrected chi connectivity index (χ0v) is 8.67. The Kier molecular flexibility index (Phi) is 3.16. The fraction of sp³-hybridized carbons (Fsp3) is 0.455. The summed E-state index contributed by atoms with van der Waals surface area (Å²) < 4.78 is 50.0. The van der Waals surface area contributed by atoms with Gasteiger partial charge in [0.1, 0.15) is 6.17 Å². The van der Waals surface area contributed by atoms with Crippen LogP contribution >= 0.6 is 0 Å². The van der Waals surface area contributed by atoms with Gasteiger partial charge in [-0.2, -0.15) is 0 Å². The molecule has 5 heteroatoms. The average molecular weight is 232 g/mol. The molecule has 88 valence electrons. The molecular weight excluding hydrogens is 221 g/mol. The number of rotatable bonds is 2. The first-order valence-corrected chi connectivity index (χ1v) is 4.96. The Balaban J connectivity index is 2.47. The second kappa shape index (κ2) is 4.43. The lowest BCUT2D eigenvalue weighted by Crippen LogP contribution is -2.07. The molecule has 16 heavy (non-hydrogen) atoms. The first kappa shape index (κ1) is 11.4. The SMILES string of the molecule is CC(F)c1c(C2OCCO2)ccc(F)c1F. The molecule has 0 amide bonds. The third-order valence-electron chi connectivity index (χ3n) is 2.44. The van der Waals surface area contributed by atoms with E-state index in [-0.39, 0.29) is 11.1 Å². The van der Waals surface area contributed by atoms with Gasteiger partial charge in [-0.1, -0.05) is 6.07 Å². The minimum atomic E-state index is -1.61. The van der Waals surface area contributed by atoms with Gasteiger partial charge >= 0.3 is 0 Å². The number of hydrogen-bond donors (Lipinski definition) is 0. The number of ether oxygens (including phenoxy) is 2. The van der Waals surface area contributed by atoms with Crippen LogP contribution in [0.5, 0.6) is 0 Å². The van der Waals surface area contributed by atoms with Crippen LogP contribution in [0.2, 0.25) is 0 Å². The number of alkyl halides is 1. The van der Waals surface area contributed by atoms with Crippen molar-refractivity contribution in [2.24, 2.45) is 0 Å². The van der Waals surface area contributed by atoms with E-state index in [1.807, 2.05) is 0 Å². The molecule has 0 saturated carbocycles. The summed E-state index contributed by atoms with van der Waals surface area (Å²) in [5, 5.41) is 0. The molecule has 0 bridgehead atoms. The third kappa shape index (κ3) is 1.92. The summed E-state index contributed by atoms with van der Waals surface area (Å²) in [6, 6.07) is 2.24. The lowest BCUT2D eigenvalue weighted by molar-refractivity contribution is -0.0456. The van der Waals surface area contributed by atoms with Crippen molar-refractivity contribution >= 4 is 0 Å². The molecule has 0 radical (unpaired) electrons. The summed E-state index contributed by atoms with van der Waals surface area (Å²) >= 11 is 0. The first-order chi connectivity index (χ1) is 7.61. The van der Waals surface area contributed by atoms with Crippen molar-refractivity contribution in [3.05, 3.63) is 34.9 Å². The topological polar surface area (TPSA) is 18.5 Å². The standard InChI is InChI=1S/C11H11F3O2/c1-6(12)9-7(11-15-4-5-16-11)2-3-8(13)10(9)14/h2-3,6,11H,4-5H2,1H3. The Labute approximate surface area is 91.0 Å². The highest BCUT2D eigenvalue weighted by Gasteiger charge is 2.27. The predicted molar refractivity (Wildman–Crippen MR) is 50.5 cm³/mol. The molecular formula is C11H11F3O2. The van der Waals surface area contributed by atoms with E-state index in [2.05, 4.69) is 0 Å². The molecule has 1 saturated heterocycles. The molecule has 1 atom stereocenters. The molecule has 0 spiro atoms. The zero-order valence-electron chi connectivity index (χ0n) is 8.67. The van der Waals surface area contributed by atoms with Gasteiger partial charge in [0.05, 0.1) is 13.2 Å². The van der Waals surface area contributed by atoms with Crippen LogP contribution in [0.1, 0.15) is 30.5 Å². The van der Waals surface area contributed by atoms with Gasteiger partial charge in [-0.3, -0.25) is 0 Å². The average Bonchev–Trinajstić information content (AvgIpc) is 2.74. The largest absolute Gasteiger partial charge is 0.346 e. The molecule has 1 aliphatic heterocycles. The van der Waals surface area contributed by atoms with E-state index >= 15 is 0 Å². The molecule has 0 aliphatic carbocycles. The summed E-state index contributed by atoms with van der Waals surface area (Å²) in [7, 11) is 0. The highest BCUT2D eigenvalue weighted by Crippen LogP contribution is 2.33. The van der Waals surface area contributed by atoms with Gasteiger partial charge in [-0.15, -0.1) is 0 Å². The van der Waals surface area contributed by atoms with Gasteiger partial charge in [0.25, 0.3) is 0 Å². The molecule has 2 rings (SSSR count). The van der Waals surface area contributed by atoms with Crippen LogP contribution in [-0.4, -0.2) is 13.2 Å². The van der Waals surface area contributed by atoms with E-state index < -0.39 is 24.1 Å². The predicted octanol–water partition coefficient (Wildman–Crippen LogP) is 3.04. The Morgan fingerprint density at radius 1 is 1.25 bits per heavy atom. The van der Waals surface area contributed by atoms with Crippen LogP contribution in [-0.2, 0) is 9.47 Å². The van der Waals surface area contributed by atoms with E-state index in [1.165, 1.54) is 6.07 Å². The summed E-state index contributed by atoms with van der Waals surface area (Å²) in [5.41, 5.74) is -0.113. The molecule has 1 aliphatic rings. The van der Waals surface area contributed by atoms with Crippen molar-refractivity contribution in [3.8, 4) is 0 Å². The Morgan fingerprint density at radius 2 is 1.88 bits per heavy atom. The van der Waals surface area contributed by atoms with Gasteiger partial charge in [-0.05, 0) is 13.0 Å². The van der Waals surface area contributed by atoms with E-state index in [0.717, 1.165) is 13.0 Å². The monoisotopic (exact) mass is 232 g/mol. The number of benzene rings is 1. The van der Waals surface area contributed by atoms with Crippen molar-refractivity contribution < 1.29 is 22.6 Å². The molecule has 0 aromatic heterocycles. The zero-order chi connectivity index (χ0) is 11.7. The quantitative estimate of drug-likeness (QED) is 0.780. The Hall–Kier alpha value is -1.07. The van der Waals surface area contributed by atoms with Crippen LogP contribution in [0.25, 0.3) is 0 Å². The van der Waals surface area contributed by atoms with Crippen molar-refractivity contribution in [2.75, 3.05) is 13.2 Å². The molecule has 1 unspecified atom stereocenters. The van der Waals surface area contributed by atoms with E-state index in [1.54, 1.807) is 0 Å². The molecule has 1 aromatic rings. The molecule has 0 N–H and O–H groups in total. The van der Waals surface area contributed by atoms with Gasteiger partial charge in [0.15, 0.2) is 17.9 Å². The second-order valence-electron chi connectivity index (χ2n) is 3.55. The van der Waals surface area contributed by atoms with E-state index in [4.69, 9.17) is 9.47 Å². The minimum absolute atomic E-state index is 0.214. The summed E-state index contributed by atoms with van der Waals surface area (Å²) in [5.74, 6) is -2.24. The maximum Gasteiger partial charge on any atom is 0.184 e. The lowest BCUT2D eigenvalue weighted by atomic mass is 10.0. The fourth-order valence-electron chi connectivity index (χ4n) is 1.73. The smallest absolute Gasteiger partial charge is 0.184 e. The molecule has 1 aromatic carbocycles. The van der Waals surface area contributed by atoms with Crippen LogP contribution in [0.3, 0.4) is 0 Å². The lowest BCUT2D eigenvalue weighted by Gasteiger charge is -2.16. The highest BCUT2D eigenvalue weighted by atomic mass is 19.2. The molecule has 1 heterocycles. The summed E-state index contributed by atoms with van der Waals surface area (Å²) in [4.78, 5) is 0. The van der Waals surface area contributed by atoms with Gasteiger partial charge in [0, 0.05) is 11.1 Å². The van der Waals surface area contributed by atoms with Gasteiger partial charge in [0.2, 0.25) is 0 Å². The number of halogens is 3. The first-order valence-electron chi connectivity index (χ1n) is 4.96. The molecule has 1 fully saturated rings. The van der Waals surface area contributed by atoms with Gasteiger partial charge in [-0.25, -0.2) is 13.2 Å². The van der Waals surface area contributed by atoms with Crippen LogP contribution in [0.15, 0.2) is 12.1 Å².